The summed E-state index contributed by atoms with van der Waals surface area (Å²) in [5, 5.41) is 6.39. The second-order valence-electron chi connectivity index (χ2n) is 9.06. The molecule has 11 heteroatoms. The lowest BCUT2D eigenvalue weighted by atomic mass is 9.76. The van der Waals surface area contributed by atoms with Crippen LogP contribution in [-0.4, -0.2) is 42.2 Å². The Kier molecular flexibility index (Phi) is 5.60. The van der Waals surface area contributed by atoms with E-state index in [1.807, 2.05) is 0 Å². The summed E-state index contributed by atoms with van der Waals surface area (Å²) in [6.07, 6.45) is -0.243. The van der Waals surface area contributed by atoms with Gasteiger partial charge in [0.2, 0.25) is 23.6 Å². The molecule has 36 heavy (non-hydrogen) atoms. The van der Waals surface area contributed by atoms with Gasteiger partial charge in [0.15, 0.2) is 0 Å². The van der Waals surface area contributed by atoms with E-state index < -0.39 is 53.0 Å². The number of benzene rings is 2. The van der Waals surface area contributed by atoms with E-state index in [-0.39, 0.29) is 24.3 Å². The summed E-state index contributed by atoms with van der Waals surface area (Å²) in [6.45, 7) is 3.64. The highest BCUT2D eigenvalue weighted by Gasteiger charge is 2.70. The van der Waals surface area contributed by atoms with E-state index in [1.54, 1.807) is 26.0 Å². The molecule has 0 bridgehead atoms. The molecule has 4 amide bonds. The Morgan fingerprint density at radius 2 is 1.81 bits per heavy atom. The summed E-state index contributed by atoms with van der Waals surface area (Å²) in [5.41, 5.74) is 5.96. The molecule has 0 saturated carbocycles. The van der Waals surface area contributed by atoms with Crippen molar-refractivity contribution in [2.24, 2.45) is 17.6 Å². The van der Waals surface area contributed by atoms with Gasteiger partial charge >= 0.3 is 5.97 Å². The highest BCUT2D eigenvalue weighted by atomic mass is 35.5. The van der Waals surface area contributed by atoms with Gasteiger partial charge in [-0.1, -0.05) is 17.7 Å². The van der Waals surface area contributed by atoms with Crippen molar-refractivity contribution in [2.75, 3.05) is 16.8 Å². The average molecular weight is 511 g/mol. The number of ether oxygens (including phenoxy) is 1. The van der Waals surface area contributed by atoms with Crippen molar-refractivity contribution in [3.63, 3.8) is 0 Å². The van der Waals surface area contributed by atoms with Gasteiger partial charge in [-0.05, 0) is 49.7 Å². The van der Waals surface area contributed by atoms with Crippen molar-refractivity contribution in [1.82, 2.24) is 5.32 Å². The third-order valence-corrected chi connectivity index (χ3v) is 7.55. The van der Waals surface area contributed by atoms with Crippen LogP contribution in [0.4, 0.5) is 11.4 Å². The molecule has 3 aliphatic heterocycles. The van der Waals surface area contributed by atoms with Gasteiger partial charge in [-0.25, -0.2) is 9.69 Å². The molecule has 0 aliphatic carbocycles. The summed E-state index contributed by atoms with van der Waals surface area (Å²) in [4.78, 5) is 65.9. The normalized spacial score (nSPS) is 26.2. The second-order valence-corrected chi connectivity index (χ2v) is 9.47. The molecule has 2 aromatic carbocycles. The van der Waals surface area contributed by atoms with Crippen LogP contribution in [0.2, 0.25) is 5.02 Å². The van der Waals surface area contributed by atoms with Gasteiger partial charge < -0.3 is 15.8 Å². The number of imide groups is 1. The first-order valence-corrected chi connectivity index (χ1v) is 11.8. The molecule has 0 unspecified atom stereocenters. The van der Waals surface area contributed by atoms with Gasteiger partial charge in [0.1, 0.15) is 5.54 Å². The molecule has 4 N–H and O–H groups in total. The van der Waals surface area contributed by atoms with Crippen molar-refractivity contribution in [3.05, 3.63) is 58.1 Å². The van der Waals surface area contributed by atoms with Crippen LogP contribution in [0.25, 0.3) is 0 Å². The third kappa shape index (κ3) is 3.25. The average Bonchev–Trinajstić information content (AvgIpc) is 3.41. The Morgan fingerprint density at radius 1 is 1.11 bits per heavy atom. The summed E-state index contributed by atoms with van der Waals surface area (Å²) in [7, 11) is 0. The van der Waals surface area contributed by atoms with E-state index in [9.17, 15) is 24.0 Å². The van der Waals surface area contributed by atoms with Crippen LogP contribution in [0.15, 0.2) is 36.4 Å². The van der Waals surface area contributed by atoms with Crippen LogP contribution in [0, 0.1) is 18.8 Å². The number of primary amides is 1. The number of nitrogens with zero attached hydrogens (tertiary/aromatic N) is 1. The number of nitrogens with one attached hydrogen (secondary N) is 2. The smallest absolute Gasteiger partial charge is 0.338 e. The van der Waals surface area contributed by atoms with Gasteiger partial charge in [-0.2, -0.15) is 0 Å². The maximum atomic E-state index is 13.9. The minimum Gasteiger partial charge on any atom is -0.462 e. The Bertz CT molecular complexity index is 1340. The van der Waals surface area contributed by atoms with E-state index in [0.717, 1.165) is 4.90 Å². The molecule has 1 spiro atoms. The van der Waals surface area contributed by atoms with Gasteiger partial charge in [-0.3, -0.25) is 24.5 Å². The molecular weight excluding hydrogens is 488 g/mol. The van der Waals surface area contributed by atoms with Crippen LogP contribution in [-0.2, 0) is 29.5 Å². The zero-order valence-corrected chi connectivity index (χ0v) is 20.2. The highest BCUT2D eigenvalue weighted by Crippen LogP contribution is 2.55. The van der Waals surface area contributed by atoms with E-state index >= 15 is 0 Å². The first-order chi connectivity index (χ1) is 17.1. The van der Waals surface area contributed by atoms with E-state index in [4.69, 9.17) is 22.1 Å². The molecule has 3 heterocycles. The molecule has 0 aromatic heterocycles. The quantitative estimate of drug-likeness (QED) is 0.409. The van der Waals surface area contributed by atoms with Crippen molar-refractivity contribution < 1.29 is 28.7 Å². The monoisotopic (exact) mass is 510 g/mol. The van der Waals surface area contributed by atoms with Gasteiger partial charge in [0.25, 0.3) is 0 Å². The minimum atomic E-state index is -1.58. The maximum absolute atomic E-state index is 13.9. The maximum Gasteiger partial charge on any atom is 0.338 e. The standard InChI is InChI=1S/C25H23ClN4O6/c1-3-36-23(34)12-4-6-13(7-5-12)30-21(32)18-16(10-17(27)31)29-25(19(18)22(30)33)14-8-9-15(26)11(2)20(14)28-24(25)35/h4-9,16,18-19,29H,3,10H2,1-2H3,(H2,27,31)(H,28,35)/t16-,18-,19+,25+/m1/s1. The third-order valence-electron chi connectivity index (χ3n) is 7.14. The first-order valence-electron chi connectivity index (χ1n) is 11.4. The van der Waals surface area contributed by atoms with Crippen molar-refractivity contribution in [2.45, 2.75) is 31.8 Å². The summed E-state index contributed by atoms with van der Waals surface area (Å²) < 4.78 is 4.98. The molecular formula is C25H23ClN4O6. The van der Waals surface area contributed by atoms with Crippen LogP contribution in [0.1, 0.15) is 34.8 Å². The number of rotatable bonds is 5. The molecule has 2 aromatic rings. The topological polar surface area (TPSA) is 148 Å². The molecule has 0 radical (unpaired) electrons. The SMILES string of the molecule is CCOC(=O)c1ccc(N2C(=O)[C@H]3[C@@H](C2=O)[C@]2(N[C@@H]3CC(N)=O)C(=O)Nc3c2ccc(Cl)c3C)cc1. The lowest BCUT2D eigenvalue weighted by Crippen LogP contribution is -2.53. The zero-order valence-electron chi connectivity index (χ0n) is 19.5. The van der Waals surface area contributed by atoms with E-state index in [2.05, 4.69) is 10.6 Å². The Labute approximate surface area is 211 Å². The molecule has 3 aliphatic rings. The molecule has 2 fully saturated rings. The zero-order chi connectivity index (χ0) is 25.9. The Balaban J connectivity index is 1.60. The lowest BCUT2D eigenvalue weighted by molar-refractivity contribution is -0.130. The number of fused-ring (bicyclic) bond motifs is 4. The van der Waals surface area contributed by atoms with Crippen LogP contribution in [0.5, 0.6) is 0 Å². The second kappa shape index (κ2) is 8.42. The van der Waals surface area contributed by atoms with Crippen LogP contribution >= 0.6 is 11.6 Å². The number of hydrogen-bond donors (Lipinski definition) is 3. The fraction of sp³-hybridized carbons (Fsp3) is 0.320. The number of halogens is 1. The van der Waals surface area contributed by atoms with Crippen molar-refractivity contribution in [3.8, 4) is 0 Å². The molecule has 5 rings (SSSR count). The minimum absolute atomic E-state index is 0.206. The number of anilines is 2. The Morgan fingerprint density at radius 3 is 2.44 bits per heavy atom. The fourth-order valence-electron chi connectivity index (χ4n) is 5.60. The summed E-state index contributed by atoms with van der Waals surface area (Å²) >= 11 is 6.26. The number of carbonyl (C=O) groups is 5. The molecule has 186 valence electrons. The number of nitrogens with two attached hydrogens (primary N) is 1. The predicted octanol–water partition coefficient (Wildman–Crippen LogP) is 1.63. The van der Waals surface area contributed by atoms with Gasteiger partial charge in [0.05, 0.1) is 35.4 Å². The van der Waals surface area contributed by atoms with E-state index in [1.165, 1.54) is 24.3 Å². The van der Waals surface area contributed by atoms with Gasteiger partial charge in [0, 0.05) is 23.0 Å². The summed E-state index contributed by atoms with van der Waals surface area (Å²) in [6, 6.07) is 8.29. The number of hydrogen-bond acceptors (Lipinski definition) is 7. The van der Waals surface area contributed by atoms with Crippen molar-refractivity contribution >= 4 is 52.6 Å². The van der Waals surface area contributed by atoms with Gasteiger partial charge in [-0.15, -0.1) is 0 Å². The fourth-order valence-corrected chi connectivity index (χ4v) is 5.75. The largest absolute Gasteiger partial charge is 0.462 e. The molecule has 10 nitrogen and oxygen atoms in total. The molecule has 2 saturated heterocycles. The van der Waals surface area contributed by atoms with Crippen LogP contribution < -0.4 is 21.3 Å². The number of esters is 1. The van der Waals surface area contributed by atoms with Crippen LogP contribution in [0.3, 0.4) is 0 Å². The lowest BCUT2D eigenvalue weighted by Gasteiger charge is -2.29. The number of amides is 4. The predicted molar refractivity (Wildman–Crippen MR) is 129 cm³/mol. The molecule has 4 atom stereocenters. The number of carbonyl (C=O) groups excluding carboxylic acids is 5. The summed E-state index contributed by atoms with van der Waals surface area (Å²) in [5.74, 6) is -5.00. The highest BCUT2D eigenvalue weighted by molar-refractivity contribution is 6.32. The van der Waals surface area contributed by atoms with E-state index in [0.29, 0.717) is 21.8 Å². The first kappa shape index (κ1) is 24.0. The van der Waals surface area contributed by atoms with Crippen molar-refractivity contribution in [1.29, 1.82) is 0 Å². The Hall–Kier alpha value is -3.76.